The van der Waals surface area contributed by atoms with Crippen LogP contribution >= 0.6 is 0 Å². The van der Waals surface area contributed by atoms with Crippen LogP contribution in [0.5, 0.6) is 0 Å². The Balaban J connectivity index is 4.18. The highest BCUT2D eigenvalue weighted by molar-refractivity contribution is 7.89. The quantitative estimate of drug-likeness (QED) is 0.701. The van der Waals surface area contributed by atoms with Gasteiger partial charge in [0.1, 0.15) is 0 Å². The van der Waals surface area contributed by atoms with Gasteiger partial charge in [0.25, 0.3) is 0 Å². The molecule has 0 aromatic heterocycles. The summed E-state index contributed by atoms with van der Waals surface area (Å²) in [5.74, 6) is -4.74. The van der Waals surface area contributed by atoms with Gasteiger partial charge >= 0.3 is 12.3 Å². The zero-order chi connectivity index (χ0) is 10.7. The molecule has 0 radical (unpaired) electrons. The Labute approximate surface area is 73.2 Å². The smallest absolute Gasteiger partial charge is 0.212 e. The van der Waals surface area contributed by atoms with Crippen LogP contribution in [0.4, 0.5) is 17.6 Å². The Kier molecular flexibility index (Phi) is 4.11. The monoisotopic (exact) mass is 223 g/mol. The first-order valence-corrected chi connectivity index (χ1v) is 5.00. The fourth-order valence-corrected chi connectivity index (χ4v) is 1.00. The first kappa shape index (κ1) is 12.6. The van der Waals surface area contributed by atoms with Gasteiger partial charge in [-0.2, -0.15) is 8.78 Å². The van der Waals surface area contributed by atoms with E-state index in [0.29, 0.717) is 0 Å². The second-order valence-corrected chi connectivity index (χ2v) is 4.38. The Morgan fingerprint density at radius 1 is 1.38 bits per heavy atom. The lowest BCUT2D eigenvalue weighted by molar-refractivity contribution is -0.122. The molecule has 0 aromatic carbocycles. The Morgan fingerprint density at radius 2 is 1.85 bits per heavy atom. The van der Waals surface area contributed by atoms with E-state index in [1.54, 1.807) is 0 Å². The van der Waals surface area contributed by atoms with Crippen LogP contribution in [0.25, 0.3) is 0 Å². The molecule has 0 saturated carbocycles. The average Bonchev–Trinajstić information content (AvgIpc) is 2.01. The summed E-state index contributed by atoms with van der Waals surface area (Å²) in [5, 5.41) is 0. The largest absolute Gasteiger partial charge is 0.320 e. The van der Waals surface area contributed by atoms with Crippen LogP contribution in [-0.2, 0) is 10.0 Å². The fraction of sp³-hybridized carbons (Fsp3) is 1.00. The van der Waals surface area contributed by atoms with Gasteiger partial charge in [0.05, 0.1) is 12.3 Å². The molecular formula is C5H9F4NO2S. The van der Waals surface area contributed by atoms with Crippen LogP contribution in [0.2, 0.25) is 0 Å². The van der Waals surface area contributed by atoms with E-state index in [4.69, 9.17) is 0 Å². The molecule has 0 heterocycles. The molecule has 3 nitrogen and oxygen atoms in total. The maximum absolute atomic E-state index is 12.1. The Morgan fingerprint density at radius 3 is 2.15 bits per heavy atom. The topological polar surface area (TPSA) is 46.2 Å². The summed E-state index contributed by atoms with van der Waals surface area (Å²) < 4.78 is 69.8. The minimum Gasteiger partial charge on any atom is -0.212 e. The first-order chi connectivity index (χ1) is 5.71. The van der Waals surface area contributed by atoms with E-state index in [1.165, 1.54) is 11.6 Å². The predicted molar refractivity (Wildman–Crippen MR) is 38.4 cm³/mol. The molecule has 0 spiro atoms. The van der Waals surface area contributed by atoms with E-state index in [9.17, 15) is 26.0 Å². The van der Waals surface area contributed by atoms with Crippen LogP contribution in [-0.4, -0.2) is 33.1 Å². The third-order valence-corrected chi connectivity index (χ3v) is 2.57. The van der Waals surface area contributed by atoms with Crippen molar-refractivity contribution in [3.8, 4) is 0 Å². The lowest BCUT2D eigenvalue weighted by atomic mass is 10.4. The Bertz CT molecular complexity index is 251. The van der Waals surface area contributed by atoms with Gasteiger partial charge in [0, 0.05) is 0 Å². The van der Waals surface area contributed by atoms with Crippen LogP contribution in [0.3, 0.4) is 0 Å². The van der Waals surface area contributed by atoms with Gasteiger partial charge in [-0.05, 0) is 6.92 Å². The standard InChI is InChI=1S/C5H9F4NO2S/c1-2-13(11,12)10-3-5(8,9)4(6)7/h4,10H,2-3H2,1H3. The molecule has 80 valence electrons. The van der Waals surface area contributed by atoms with E-state index in [0.717, 1.165) is 0 Å². The van der Waals surface area contributed by atoms with E-state index >= 15 is 0 Å². The van der Waals surface area contributed by atoms with Crippen molar-refractivity contribution in [2.75, 3.05) is 12.3 Å². The summed E-state index contributed by atoms with van der Waals surface area (Å²) in [7, 11) is -3.85. The molecule has 0 aliphatic carbocycles. The highest BCUT2D eigenvalue weighted by Crippen LogP contribution is 2.21. The van der Waals surface area contributed by atoms with Crippen molar-refractivity contribution in [3.63, 3.8) is 0 Å². The van der Waals surface area contributed by atoms with Gasteiger partial charge in [0.2, 0.25) is 10.0 Å². The number of sulfonamides is 1. The van der Waals surface area contributed by atoms with E-state index in [-0.39, 0.29) is 0 Å². The SMILES string of the molecule is CCS(=O)(=O)NCC(F)(F)C(F)F. The second kappa shape index (κ2) is 4.23. The third-order valence-electron chi connectivity index (χ3n) is 1.23. The van der Waals surface area contributed by atoms with Crippen molar-refractivity contribution in [1.29, 1.82) is 0 Å². The maximum Gasteiger partial charge on any atom is 0.320 e. The molecule has 13 heavy (non-hydrogen) atoms. The van der Waals surface area contributed by atoms with E-state index in [2.05, 4.69) is 0 Å². The van der Waals surface area contributed by atoms with E-state index in [1.807, 2.05) is 0 Å². The van der Waals surface area contributed by atoms with Gasteiger partial charge in [-0.15, -0.1) is 0 Å². The van der Waals surface area contributed by atoms with Crippen LogP contribution < -0.4 is 4.72 Å². The second-order valence-electron chi connectivity index (χ2n) is 2.29. The predicted octanol–water partition coefficient (Wildman–Crippen LogP) is 0.826. The van der Waals surface area contributed by atoms with Crippen molar-refractivity contribution in [2.24, 2.45) is 0 Å². The molecule has 0 atom stereocenters. The molecule has 1 N–H and O–H groups in total. The minimum atomic E-state index is -4.32. The number of rotatable bonds is 5. The fourth-order valence-electron chi connectivity index (χ4n) is 0.385. The molecule has 0 unspecified atom stereocenters. The average molecular weight is 223 g/mol. The Hall–Kier alpha value is -0.370. The zero-order valence-corrected chi connectivity index (χ0v) is 7.54. The molecule has 0 aromatic rings. The number of hydrogen-bond donors (Lipinski definition) is 1. The van der Waals surface area contributed by atoms with E-state index < -0.39 is 34.7 Å². The summed E-state index contributed by atoms with van der Waals surface area (Å²) in [6.07, 6.45) is -3.87. The summed E-state index contributed by atoms with van der Waals surface area (Å²) >= 11 is 0. The van der Waals surface area contributed by atoms with Crippen molar-refractivity contribution in [1.82, 2.24) is 4.72 Å². The summed E-state index contributed by atoms with van der Waals surface area (Å²) in [4.78, 5) is 0. The first-order valence-electron chi connectivity index (χ1n) is 3.34. The van der Waals surface area contributed by atoms with Crippen LogP contribution in [0.1, 0.15) is 6.92 Å². The summed E-state index contributed by atoms with van der Waals surface area (Å²) in [5.41, 5.74) is 0. The molecule has 0 aliphatic rings. The van der Waals surface area contributed by atoms with Gasteiger partial charge in [-0.1, -0.05) is 0 Å². The van der Waals surface area contributed by atoms with Crippen LogP contribution in [0, 0.1) is 0 Å². The van der Waals surface area contributed by atoms with Gasteiger partial charge in [-0.3, -0.25) is 0 Å². The molecule has 0 aliphatic heterocycles. The molecule has 0 fully saturated rings. The maximum atomic E-state index is 12.1. The molecule has 8 heteroatoms. The molecular weight excluding hydrogens is 214 g/mol. The number of hydrogen-bond acceptors (Lipinski definition) is 2. The molecule has 0 amide bonds. The third kappa shape index (κ3) is 4.41. The summed E-state index contributed by atoms with van der Waals surface area (Å²) in [6.45, 7) is -0.357. The normalized spacial score (nSPS) is 13.7. The van der Waals surface area contributed by atoms with Crippen molar-refractivity contribution in [2.45, 2.75) is 19.3 Å². The van der Waals surface area contributed by atoms with Gasteiger partial charge in [0.15, 0.2) is 0 Å². The zero-order valence-electron chi connectivity index (χ0n) is 6.73. The summed E-state index contributed by atoms with van der Waals surface area (Å²) in [6, 6.07) is 0. The molecule has 0 saturated heterocycles. The number of halogens is 4. The number of nitrogens with one attached hydrogen (secondary N) is 1. The van der Waals surface area contributed by atoms with Crippen molar-refractivity contribution >= 4 is 10.0 Å². The van der Waals surface area contributed by atoms with Crippen LogP contribution in [0.15, 0.2) is 0 Å². The highest BCUT2D eigenvalue weighted by Gasteiger charge is 2.41. The highest BCUT2D eigenvalue weighted by atomic mass is 32.2. The van der Waals surface area contributed by atoms with Gasteiger partial charge in [-0.25, -0.2) is 21.9 Å². The lowest BCUT2D eigenvalue weighted by Crippen LogP contribution is -2.41. The molecule has 0 rings (SSSR count). The lowest BCUT2D eigenvalue weighted by Gasteiger charge is -2.15. The molecule has 0 bridgehead atoms. The number of alkyl halides is 4. The van der Waals surface area contributed by atoms with Gasteiger partial charge < -0.3 is 0 Å². The van der Waals surface area contributed by atoms with Crippen molar-refractivity contribution < 1.29 is 26.0 Å². The van der Waals surface area contributed by atoms with Crippen molar-refractivity contribution in [3.05, 3.63) is 0 Å². The minimum absolute atomic E-state index is 0.424.